The molecule has 0 atom stereocenters. The first kappa shape index (κ1) is 20.7. The van der Waals surface area contributed by atoms with E-state index in [9.17, 15) is 4.79 Å². The van der Waals surface area contributed by atoms with E-state index in [4.69, 9.17) is 16.3 Å². The fraction of sp³-hybridized carbons (Fsp3) is 0.435. The van der Waals surface area contributed by atoms with Gasteiger partial charge in [-0.2, -0.15) is 0 Å². The Morgan fingerprint density at radius 1 is 1.14 bits per heavy atom. The number of likely N-dealkylation sites (tertiary alicyclic amines) is 1. The minimum absolute atomic E-state index is 0.161. The Labute approximate surface area is 172 Å². The zero-order valence-corrected chi connectivity index (χ0v) is 17.3. The summed E-state index contributed by atoms with van der Waals surface area (Å²) in [6.45, 7) is 5.85. The van der Waals surface area contributed by atoms with E-state index < -0.39 is 0 Å². The summed E-state index contributed by atoms with van der Waals surface area (Å²) in [7, 11) is 0. The molecule has 1 aliphatic rings. The van der Waals surface area contributed by atoms with E-state index in [1.807, 2.05) is 55.5 Å². The van der Waals surface area contributed by atoms with Gasteiger partial charge in [-0.05, 0) is 69.1 Å². The lowest BCUT2D eigenvalue weighted by Gasteiger charge is -2.40. The molecule has 0 aromatic heterocycles. The molecule has 1 fully saturated rings. The fourth-order valence-corrected chi connectivity index (χ4v) is 4.07. The van der Waals surface area contributed by atoms with Crippen LogP contribution in [0.3, 0.4) is 0 Å². The molecule has 1 amide bonds. The van der Waals surface area contributed by atoms with E-state index in [2.05, 4.69) is 16.3 Å². The number of ether oxygens (including phenoxy) is 1. The maximum atomic E-state index is 12.9. The smallest absolute Gasteiger partial charge is 0.226 e. The van der Waals surface area contributed by atoms with Crippen LogP contribution >= 0.6 is 11.6 Å². The van der Waals surface area contributed by atoms with Crippen LogP contribution in [0.1, 0.15) is 31.7 Å². The van der Waals surface area contributed by atoms with E-state index >= 15 is 0 Å². The molecule has 1 heterocycles. The van der Waals surface area contributed by atoms with Crippen LogP contribution in [0, 0.1) is 5.41 Å². The molecule has 4 nitrogen and oxygen atoms in total. The van der Waals surface area contributed by atoms with Gasteiger partial charge in [-0.1, -0.05) is 41.9 Å². The zero-order chi connectivity index (χ0) is 19.8. The topological polar surface area (TPSA) is 41.6 Å². The lowest BCUT2D eigenvalue weighted by molar-refractivity contribution is -0.135. The summed E-state index contributed by atoms with van der Waals surface area (Å²) in [5, 5.41) is 3.81. The number of piperidine rings is 1. The molecule has 2 aromatic carbocycles. The van der Waals surface area contributed by atoms with Crippen molar-refractivity contribution in [3.05, 3.63) is 65.2 Å². The molecule has 1 saturated heterocycles. The average molecular weight is 401 g/mol. The van der Waals surface area contributed by atoms with Crippen LogP contribution in [-0.4, -0.2) is 37.0 Å². The highest BCUT2D eigenvalue weighted by molar-refractivity contribution is 6.30. The van der Waals surface area contributed by atoms with E-state index in [0.717, 1.165) is 49.7 Å². The maximum absolute atomic E-state index is 12.9. The lowest BCUT2D eigenvalue weighted by atomic mass is 9.75. The lowest BCUT2D eigenvalue weighted by Crippen LogP contribution is -2.49. The monoisotopic (exact) mass is 400 g/mol. The van der Waals surface area contributed by atoms with Gasteiger partial charge in [0.2, 0.25) is 5.91 Å². The number of amides is 1. The molecule has 1 N–H and O–H groups in total. The van der Waals surface area contributed by atoms with Crippen LogP contribution < -0.4 is 10.1 Å². The number of nitrogens with zero attached hydrogens (tertiary/aromatic N) is 1. The van der Waals surface area contributed by atoms with Gasteiger partial charge in [-0.3, -0.25) is 9.69 Å². The fourth-order valence-electron chi connectivity index (χ4n) is 3.85. The largest absolute Gasteiger partial charge is 0.494 e. The summed E-state index contributed by atoms with van der Waals surface area (Å²) >= 11 is 6.11. The molecule has 0 saturated carbocycles. The van der Waals surface area contributed by atoms with Crippen molar-refractivity contribution in [2.75, 3.05) is 26.2 Å². The molecular weight excluding hydrogens is 372 g/mol. The highest BCUT2D eigenvalue weighted by Crippen LogP contribution is 2.36. The Morgan fingerprint density at radius 3 is 2.57 bits per heavy atom. The number of rotatable bonds is 8. The van der Waals surface area contributed by atoms with Crippen molar-refractivity contribution in [2.45, 2.75) is 32.7 Å². The molecule has 28 heavy (non-hydrogen) atoms. The van der Waals surface area contributed by atoms with Gasteiger partial charge in [-0.15, -0.1) is 0 Å². The van der Waals surface area contributed by atoms with E-state index in [0.29, 0.717) is 13.2 Å². The van der Waals surface area contributed by atoms with Crippen LogP contribution in [0.15, 0.2) is 54.6 Å². The number of hydrogen-bond donors (Lipinski definition) is 1. The second kappa shape index (κ2) is 9.94. The second-order valence-electron chi connectivity index (χ2n) is 7.46. The minimum Gasteiger partial charge on any atom is -0.494 e. The van der Waals surface area contributed by atoms with E-state index in [1.165, 1.54) is 5.56 Å². The number of benzene rings is 2. The molecule has 3 rings (SSSR count). The Kier molecular flexibility index (Phi) is 7.35. The maximum Gasteiger partial charge on any atom is 0.226 e. The number of nitrogens with one attached hydrogen (secondary N) is 1. The first-order valence-corrected chi connectivity index (χ1v) is 10.4. The Bertz CT molecular complexity index is 758. The number of carbonyl (C=O) groups is 1. The van der Waals surface area contributed by atoms with Gasteiger partial charge in [-0.25, -0.2) is 0 Å². The summed E-state index contributed by atoms with van der Waals surface area (Å²) in [5.74, 6) is 1.01. The van der Waals surface area contributed by atoms with Gasteiger partial charge in [0.25, 0.3) is 0 Å². The summed E-state index contributed by atoms with van der Waals surface area (Å²) in [4.78, 5) is 15.3. The predicted octanol–water partition coefficient (Wildman–Crippen LogP) is 4.53. The van der Waals surface area contributed by atoms with E-state index in [-0.39, 0.29) is 11.3 Å². The Hall–Kier alpha value is -2.04. The average Bonchev–Trinajstić information content (AvgIpc) is 2.70. The third-order valence-corrected chi connectivity index (χ3v) is 5.76. The number of para-hydroxylation sites is 1. The van der Waals surface area contributed by atoms with Crippen molar-refractivity contribution in [2.24, 2.45) is 5.41 Å². The quantitative estimate of drug-likeness (QED) is 0.707. The molecule has 0 bridgehead atoms. The van der Waals surface area contributed by atoms with Crippen molar-refractivity contribution in [3.63, 3.8) is 0 Å². The third-order valence-electron chi connectivity index (χ3n) is 5.52. The number of hydrogen-bond acceptors (Lipinski definition) is 3. The van der Waals surface area contributed by atoms with Crippen LogP contribution in [0.4, 0.5) is 0 Å². The summed E-state index contributed by atoms with van der Waals surface area (Å²) in [5.41, 5.74) is 0.862. The first-order valence-electron chi connectivity index (χ1n) is 10.0. The van der Waals surface area contributed by atoms with Crippen molar-refractivity contribution in [3.8, 4) is 5.75 Å². The highest BCUT2D eigenvalue weighted by Gasteiger charge is 2.40. The molecule has 5 heteroatoms. The molecule has 0 spiro atoms. The standard InChI is InChI=1S/C23H29ClN2O2/c1-2-25-22(27)23(13-16-28-21-9-4-3-5-10-21)11-14-26(15-12-23)18-19-7-6-8-20(24)17-19/h3-10,17H,2,11-16,18H2,1H3,(H,25,27). The predicted molar refractivity (Wildman–Crippen MR) is 114 cm³/mol. The molecule has 0 unspecified atom stereocenters. The first-order chi connectivity index (χ1) is 13.6. The molecule has 0 radical (unpaired) electrons. The van der Waals surface area contributed by atoms with Gasteiger partial charge in [0.1, 0.15) is 5.75 Å². The molecule has 0 aliphatic carbocycles. The van der Waals surface area contributed by atoms with E-state index in [1.54, 1.807) is 0 Å². The summed E-state index contributed by atoms with van der Waals surface area (Å²) in [6.07, 6.45) is 2.42. The normalized spacial score (nSPS) is 16.5. The van der Waals surface area contributed by atoms with Crippen LogP contribution in [0.2, 0.25) is 5.02 Å². The number of halogens is 1. The molecule has 150 valence electrons. The molecule has 1 aliphatic heterocycles. The SMILES string of the molecule is CCNC(=O)C1(CCOc2ccccc2)CCN(Cc2cccc(Cl)c2)CC1. The van der Waals surface area contributed by atoms with Gasteiger partial charge >= 0.3 is 0 Å². The molecular formula is C23H29ClN2O2. The third kappa shape index (κ3) is 5.49. The summed E-state index contributed by atoms with van der Waals surface area (Å²) < 4.78 is 5.89. The minimum atomic E-state index is -0.352. The highest BCUT2D eigenvalue weighted by atomic mass is 35.5. The second-order valence-corrected chi connectivity index (χ2v) is 7.89. The van der Waals surface area contributed by atoms with Gasteiger partial charge in [0, 0.05) is 18.1 Å². The van der Waals surface area contributed by atoms with Gasteiger partial charge < -0.3 is 10.1 Å². The van der Waals surface area contributed by atoms with Crippen molar-refractivity contribution >= 4 is 17.5 Å². The van der Waals surface area contributed by atoms with Crippen LogP contribution in [0.5, 0.6) is 5.75 Å². The van der Waals surface area contributed by atoms with Gasteiger partial charge in [0.15, 0.2) is 0 Å². The Balaban J connectivity index is 1.59. The summed E-state index contributed by atoms with van der Waals surface area (Å²) in [6, 6.07) is 17.8. The van der Waals surface area contributed by atoms with Crippen LogP contribution in [0.25, 0.3) is 0 Å². The molecule has 2 aromatic rings. The zero-order valence-electron chi connectivity index (χ0n) is 16.5. The number of carbonyl (C=O) groups excluding carboxylic acids is 1. The van der Waals surface area contributed by atoms with Crippen molar-refractivity contribution < 1.29 is 9.53 Å². The van der Waals surface area contributed by atoms with Gasteiger partial charge in [0.05, 0.1) is 12.0 Å². The van der Waals surface area contributed by atoms with Crippen molar-refractivity contribution in [1.29, 1.82) is 0 Å². The Morgan fingerprint density at radius 2 is 1.89 bits per heavy atom. The van der Waals surface area contributed by atoms with Crippen molar-refractivity contribution in [1.82, 2.24) is 10.2 Å². The van der Waals surface area contributed by atoms with Crippen LogP contribution in [-0.2, 0) is 11.3 Å².